The lowest BCUT2D eigenvalue weighted by atomic mass is 10.0. The first kappa shape index (κ1) is 20.5. The molecular weight excluding hydrogens is 365 g/mol. The molecule has 1 fully saturated rings. The Bertz CT molecular complexity index is 707. The Hall–Kier alpha value is -1.79. The normalized spacial score (nSPS) is 16.0. The number of pyridine rings is 1. The van der Waals surface area contributed by atoms with Gasteiger partial charge in [-0.1, -0.05) is 25.6 Å². The number of hydrogen-bond acceptors (Lipinski definition) is 5. The Balaban J connectivity index is 2.23. The van der Waals surface area contributed by atoms with Gasteiger partial charge in [0, 0.05) is 31.9 Å². The summed E-state index contributed by atoms with van der Waals surface area (Å²) in [5.41, 5.74) is -1.25. The fraction of sp³-hybridized carbons (Fsp3) is 0.588. The molecule has 9 heteroatoms. The molecule has 1 aromatic rings. The van der Waals surface area contributed by atoms with Crippen molar-refractivity contribution in [3.63, 3.8) is 0 Å². The van der Waals surface area contributed by atoms with Crippen molar-refractivity contribution in [2.75, 3.05) is 39.0 Å². The molecule has 0 atom stereocenters. The maximum absolute atomic E-state index is 13.3. The van der Waals surface area contributed by atoms with E-state index in [0.717, 1.165) is 30.9 Å². The highest BCUT2D eigenvalue weighted by Gasteiger charge is 2.36. The lowest BCUT2D eigenvalue weighted by Crippen LogP contribution is -2.47. The molecule has 1 amide bonds. The smallest absolute Gasteiger partial charge is 0.339 e. The van der Waals surface area contributed by atoms with E-state index in [2.05, 4.69) is 9.88 Å². The van der Waals surface area contributed by atoms with Crippen LogP contribution in [-0.2, 0) is 11.0 Å². The number of alkyl halides is 3. The molecule has 0 radical (unpaired) electrons. The topological polar surface area (TPSA) is 60.2 Å². The highest BCUT2D eigenvalue weighted by Crippen LogP contribution is 2.37. The fourth-order valence-corrected chi connectivity index (χ4v) is 3.46. The van der Waals surface area contributed by atoms with Crippen LogP contribution in [0, 0.1) is 11.3 Å². The van der Waals surface area contributed by atoms with Crippen LogP contribution in [0.5, 0.6) is 0 Å². The maximum Gasteiger partial charge on any atom is 0.417 e. The third-order valence-electron chi connectivity index (χ3n) is 4.20. The second-order valence-electron chi connectivity index (χ2n) is 6.51. The highest BCUT2D eigenvalue weighted by atomic mass is 32.2. The molecule has 0 N–H and O–H groups in total. The van der Waals surface area contributed by atoms with Gasteiger partial charge in [-0.05, 0) is 19.0 Å². The lowest BCUT2D eigenvalue weighted by molar-refractivity contribution is -0.138. The summed E-state index contributed by atoms with van der Waals surface area (Å²) in [6, 6.07) is 2.54. The Kier molecular flexibility index (Phi) is 6.53. The number of thioether (sulfide) groups is 1. The molecule has 1 aromatic heterocycles. The summed E-state index contributed by atoms with van der Waals surface area (Å²) >= 11 is 0.898. The molecule has 1 saturated heterocycles. The van der Waals surface area contributed by atoms with Gasteiger partial charge in [0.2, 0.25) is 5.91 Å². The van der Waals surface area contributed by atoms with Gasteiger partial charge >= 0.3 is 6.18 Å². The van der Waals surface area contributed by atoms with Gasteiger partial charge in [0.05, 0.1) is 16.9 Å². The number of nitriles is 1. The van der Waals surface area contributed by atoms with Crippen molar-refractivity contribution in [3.05, 3.63) is 22.9 Å². The Labute approximate surface area is 155 Å². The number of halogens is 3. The van der Waals surface area contributed by atoms with E-state index in [4.69, 9.17) is 0 Å². The number of rotatable bonds is 4. The summed E-state index contributed by atoms with van der Waals surface area (Å²) in [4.78, 5) is 20.3. The van der Waals surface area contributed by atoms with Gasteiger partial charge in [0.15, 0.2) is 0 Å². The van der Waals surface area contributed by atoms with Crippen LogP contribution in [0.25, 0.3) is 0 Å². The van der Waals surface area contributed by atoms with Crippen LogP contribution < -0.4 is 0 Å². The standard InChI is InChI=1S/C17H21F3N4OS/c1-11(2)14-8-13(17(18,19)20)12(9-21)16(22-14)26-10-15(25)24-6-4-23(3)5-7-24/h8,11H,4-7,10H2,1-3H3. The van der Waals surface area contributed by atoms with Gasteiger partial charge in [0.1, 0.15) is 11.1 Å². The molecule has 2 rings (SSSR count). The summed E-state index contributed by atoms with van der Waals surface area (Å²) in [6.45, 7) is 6.18. The predicted molar refractivity (Wildman–Crippen MR) is 92.8 cm³/mol. The number of aromatic nitrogens is 1. The molecule has 142 valence electrons. The van der Waals surface area contributed by atoms with Crippen LogP contribution in [0.1, 0.15) is 36.6 Å². The zero-order valence-electron chi connectivity index (χ0n) is 14.9. The van der Waals surface area contributed by atoms with Crippen LogP contribution >= 0.6 is 11.8 Å². The van der Waals surface area contributed by atoms with Crippen LogP contribution in [0.4, 0.5) is 13.2 Å². The molecule has 2 heterocycles. The number of likely N-dealkylation sites (N-methyl/N-ethyl adjacent to an activating group) is 1. The number of amides is 1. The molecule has 0 saturated carbocycles. The molecule has 0 aromatic carbocycles. The van der Waals surface area contributed by atoms with Crippen molar-refractivity contribution >= 4 is 17.7 Å². The van der Waals surface area contributed by atoms with E-state index in [1.54, 1.807) is 24.8 Å². The third-order valence-corrected chi connectivity index (χ3v) is 5.16. The highest BCUT2D eigenvalue weighted by molar-refractivity contribution is 8.00. The molecule has 0 bridgehead atoms. The second-order valence-corrected chi connectivity index (χ2v) is 7.48. The maximum atomic E-state index is 13.3. The van der Waals surface area contributed by atoms with Gasteiger partial charge in [-0.3, -0.25) is 4.79 Å². The molecule has 0 aliphatic carbocycles. The summed E-state index contributed by atoms with van der Waals surface area (Å²) in [5, 5.41) is 9.20. The van der Waals surface area contributed by atoms with E-state index in [1.807, 2.05) is 7.05 Å². The first-order valence-electron chi connectivity index (χ1n) is 8.24. The quantitative estimate of drug-likeness (QED) is 0.745. The minimum atomic E-state index is -4.64. The van der Waals surface area contributed by atoms with Crippen molar-refractivity contribution in [1.29, 1.82) is 5.26 Å². The Morgan fingerprint density at radius 3 is 2.46 bits per heavy atom. The van der Waals surface area contributed by atoms with Crippen molar-refractivity contribution in [1.82, 2.24) is 14.8 Å². The number of piperazine rings is 1. The molecule has 0 unspecified atom stereocenters. The van der Waals surface area contributed by atoms with Crippen molar-refractivity contribution in [3.8, 4) is 6.07 Å². The van der Waals surface area contributed by atoms with Crippen LogP contribution in [-0.4, -0.2) is 59.7 Å². The Morgan fingerprint density at radius 2 is 1.96 bits per heavy atom. The number of hydrogen-bond donors (Lipinski definition) is 0. The Morgan fingerprint density at radius 1 is 1.35 bits per heavy atom. The number of carbonyl (C=O) groups is 1. The SMILES string of the molecule is CC(C)c1cc(C(F)(F)F)c(C#N)c(SCC(=O)N2CCN(C)CC2)n1. The largest absolute Gasteiger partial charge is 0.417 e. The fourth-order valence-electron chi connectivity index (χ4n) is 2.55. The van der Waals surface area contributed by atoms with Crippen LogP contribution in [0.2, 0.25) is 0 Å². The third kappa shape index (κ3) is 4.89. The second kappa shape index (κ2) is 8.27. The average Bonchev–Trinajstić information content (AvgIpc) is 2.58. The van der Waals surface area contributed by atoms with E-state index in [-0.39, 0.29) is 28.3 Å². The van der Waals surface area contributed by atoms with E-state index >= 15 is 0 Å². The molecule has 0 spiro atoms. The molecule has 26 heavy (non-hydrogen) atoms. The summed E-state index contributed by atoms with van der Waals surface area (Å²) in [5.74, 6) is -0.418. The van der Waals surface area contributed by atoms with E-state index in [1.165, 1.54) is 0 Å². The predicted octanol–water partition coefficient (Wildman–Crippen LogP) is 2.96. The van der Waals surface area contributed by atoms with E-state index in [9.17, 15) is 23.2 Å². The molecule has 5 nitrogen and oxygen atoms in total. The zero-order chi connectivity index (χ0) is 19.5. The van der Waals surface area contributed by atoms with Crippen molar-refractivity contribution < 1.29 is 18.0 Å². The summed E-state index contributed by atoms with van der Waals surface area (Å²) < 4.78 is 40.0. The molecular formula is C17H21F3N4OS. The van der Waals surface area contributed by atoms with Gasteiger partial charge in [-0.25, -0.2) is 4.98 Å². The van der Waals surface area contributed by atoms with E-state index < -0.39 is 17.3 Å². The number of nitrogens with zero attached hydrogens (tertiary/aromatic N) is 4. The van der Waals surface area contributed by atoms with Gasteiger partial charge in [0.25, 0.3) is 0 Å². The number of carbonyl (C=O) groups excluding carboxylic acids is 1. The van der Waals surface area contributed by atoms with E-state index in [0.29, 0.717) is 13.1 Å². The lowest BCUT2D eigenvalue weighted by Gasteiger charge is -2.32. The van der Waals surface area contributed by atoms with Crippen molar-refractivity contribution in [2.45, 2.75) is 31.0 Å². The molecule has 1 aliphatic rings. The molecule has 1 aliphatic heterocycles. The monoisotopic (exact) mass is 386 g/mol. The van der Waals surface area contributed by atoms with Gasteiger partial charge in [-0.15, -0.1) is 0 Å². The summed E-state index contributed by atoms with van der Waals surface area (Å²) in [7, 11) is 1.97. The van der Waals surface area contributed by atoms with Crippen LogP contribution in [0.15, 0.2) is 11.1 Å². The minimum absolute atomic E-state index is 0.0338. The van der Waals surface area contributed by atoms with Crippen LogP contribution in [0.3, 0.4) is 0 Å². The van der Waals surface area contributed by atoms with Gasteiger partial charge in [-0.2, -0.15) is 18.4 Å². The zero-order valence-corrected chi connectivity index (χ0v) is 15.7. The average molecular weight is 386 g/mol. The minimum Gasteiger partial charge on any atom is -0.339 e. The van der Waals surface area contributed by atoms with Crippen molar-refractivity contribution in [2.24, 2.45) is 0 Å². The van der Waals surface area contributed by atoms with Gasteiger partial charge < -0.3 is 9.80 Å². The first-order chi connectivity index (χ1) is 12.1. The first-order valence-corrected chi connectivity index (χ1v) is 9.23. The summed E-state index contributed by atoms with van der Waals surface area (Å²) in [6.07, 6.45) is -4.64.